The molecule has 0 spiro atoms. The quantitative estimate of drug-likeness (QED) is 0.455. The van der Waals surface area contributed by atoms with Gasteiger partial charge in [0.15, 0.2) is 0 Å². The van der Waals surface area contributed by atoms with Gasteiger partial charge in [0.25, 0.3) is 0 Å². The van der Waals surface area contributed by atoms with Crippen molar-refractivity contribution in [2.75, 3.05) is 0 Å². The highest BCUT2D eigenvalue weighted by atomic mass is 31.1. The Balaban J connectivity index is 1.84. The molecule has 3 aromatic rings. The van der Waals surface area contributed by atoms with Crippen LogP contribution in [0.25, 0.3) is 0 Å². The van der Waals surface area contributed by atoms with Gasteiger partial charge < -0.3 is 4.74 Å². The standard InChI is InChI=1S/C23H24FOP/c1-3-22(26-23-12-8-7-11-20(23)24)19-15-17(2)13-14-21(19)25-16-18-9-5-4-6-10-18/h4-15,22,26H,3,16H2,1-2H3. The summed E-state index contributed by atoms with van der Waals surface area (Å²) in [5.74, 6) is 0.777. The first kappa shape index (κ1) is 18.6. The van der Waals surface area contributed by atoms with E-state index in [4.69, 9.17) is 4.74 Å². The molecule has 0 aromatic heterocycles. The molecule has 0 heterocycles. The Morgan fingerprint density at radius 1 is 0.962 bits per heavy atom. The summed E-state index contributed by atoms with van der Waals surface area (Å²) in [5.41, 5.74) is 3.76. The van der Waals surface area contributed by atoms with Gasteiger partial charge in [-0.15, -0.1) is 0 Å². The lowest BCUT2D eigenvalue weighted by Crippen LogP contribution is -2.06. The fourth-order valence-electron chi connectivity index (χ4n) is 2.97. The van der Waals surface area contributed by atoms with Gasteiger partial charge in [0.1, 0.15) is 18.2 Å². The van der Waals surface area contributed by atoms with E-state index in [0.717, 1.165) is 23.0 Å². The van der Waals surface area contributed by atoms with Gasteiger partial charge in [-0.05, 0) is 31.0 Å². The van der Waals surface area contributed by atoms with Crippen LogP contribution in [0.15, 0.2) is 72.8 Å². The molecule has 0 saturated carbocycles. The Morgan fingerprint density at radius 3 is 2.42 bits per heavy atom. The third-order valence-electron chi connectivity index (χ3n) is 4.39. The summed E-state index contributed by atoms with van der Waals surface area (Å²) >= 11 is 0. The minimum atomic E-state index is -0.122. The molecule has 3 heteroatoms. The highest BCUT2D eigenvalue weighted by Gasteiger charge is 2.17. The molecule has 0 aliphatic rings. The lowest BCUT2D eigenvalue weighted by molar-refractivity contribution is 0.302. The lowest BCUT2D eigenvalue weighted by atomic mass is 10.1. The molecule has 3 rings (SSSR count). The molecule has 26 heavy (non-hydrogen) atoms. The van der Waals surface area contributed by atoms with Crippen LogP contribution in [0, 0.1) is 12.7 Å². The average Bonchev–Trinajstić information content (AvgIpc) is 2.67. The fourth-order valence-corrected chi connectivity index (χ4v) is 4.35. The molecule has 0 fully saturated rings. The summed E-state index contributed by atoms with van der Waals surface area (Å²) in [6, 6.07) is 23.5. The maximum atomic E-state index is 14.1. The van der Waals surface area contributed by atoms with Crippen LogP contribution < -0.4 is 10.0 Å². The van der Waals surface area contributed by atoms with Crippen molar-refractivity contribution in [3.63, 3.8) is 0 Å². The largest absolute Gasteiger partial charge is 0.489 e. The van der Waals surface area contributed by atoms with Gasteiger partial charge >= 0.3 is 0 Å². The number of ether oxygens (including phenoxy) is 1. The van der Waals surface area contributed by atoms with Gasteiger partial charge in [0.2, 0.25) is 0 Å². The van der Waals surface area contributed by atoms with E-state index in [1.54, 1.807) is 6.07 Å². The van der Waals surface area contributed by atoms with Gasteiger partial charge in [-0.2, -0.15) is 0 Å². The van der Waals surface area contributed by atoms with Crippen LogP contribution in [-0.2, 0) is 6.61 Å². The minimum Gasteiger partial charge on any atom is -0.489 e. The second kappa shape index (κ2) is 8.96. The molecule has 0 aliphatic carbocycles. The number of hydrogen-bond acceptors (Lipinski definition) is 1. The van der Waals surface area contributed by atoms with E-state index in [-0.39, 0.29) is 11.5 Å². The summed E-state index contributed by atoms with van der Waals surface area (Å²) in [4.78, 5) is 0. The zero-order valence-corrected chi connectivity index (χ0v) is 16.2. The van der Waals surface area contributed by atoms with E-state index < -0.39 is 0 Å². The zero-order chi connectivity index (χ0) is 18.4. The molecule has 0 bridgehead atoms. The van der Waals surface area contributed by atoms with Crippen LogP contribution in [0.1, 0.15) is 35.7 Å². The van der Waals surface area contributed by atoms with Gasteiger partial charge in [-0.3, -0.25) is 0 Å². The first-order valence-electron chi connectivity index (χ1n) is 8.95. The third kappa shape index (κ3) is 4.71. The Bertz CT molecular complexity index is 848. The number of benzene rings is 3. The smallest absolute Gasteiger partial charge is 0.130 e. The van der Waals surface area contributed by atoms with Crippen molar-refractivity contribution in [3.8, 4) is 5.75 Å². The van der Waals surface area contributed by atoms with E-state index in [1.807, 2.05) is 36.4 Å². The first-order chi connectivity index (χ1) is 12.7. The number of aryl methyl sites for hydroxylation is 1. The number of halogens is 1. The SMILES string of the molecule is CCC(Pc1ccccc1F)c1cc(C)ccc1OCc1ccccc1. The molecule has 2 unspecified atom stereocenters. The Labute approximate surface area is 157 Å². The minimum absolute atomic E-state index is 0.122. The van der Waals surface area contributed by atoms with E-state index in [9.17, 15) is 4.39 Å². The normalized spacial score (nSPS) is 12.4. The summed E-state index contributed by atoms with van der Waals surface area (Å²) in [5, 5.41) is 0.787. The van der Waals surface area contributed by atoms with Gasteiger partial charge in [0, 0.05) is 16.5 Å². The molecule has 0 saturated heterocycles. The van der Waals surface area contributed by atoms with Gasteiger partial charge in [0.05, 0.1) is 0 Å². The molecule has 2 atom stereocenters. The Morgan fingerprint density at radius 2 is 1.69 bits per heavy atom. The Kier molecular flexibility index (Phi) is 6.41. The predicted octanol–water partition coefficient (Wildman–Crippen LogP) is 6.17. The third-order valence-corrected chi connectivity index (χ3v) is 6.17. The Hall–Kier alpha value is -2.18. The molecule has 0 N–H and O–H groups in total. The van der Waals surface area contributed by atoms with Crippen molar-refractivity contribution in [1.29, 1.82) is 0 Å². The first-order valence-corrected chi connectivity index (χ1v) is 10.0. The topological polar surface area (TPSA) is 9.23 Å². The molecule has 0 aliphatic heterocycles. The second-order valence-electron chi connectivity index (χ2n) is 6.40. The van der Waals surface area contributed by atoms with Crippen molar-refractivity contribution in [2.24, 2.45) is 0 Å². The monoisotopic (exact) mass is 366 g/mol. The molecule has 0 radical (unpaired) electrons. The van der Waals surface area contributed by atoms with Crippen LogP contribution in [-0.4, -0.2) is 0 Å². The fraction of sp³-hybridized carbons (Fsp3) is 0.217. The number of rotatable bonds is 7. The van der Waals surface area contributed by atoms with Crippen molar-refractivity contribution in [3.05, 3.63) is 95.3 Å². The molecular formula is C23H24FOP. The molecule has 134 valence electrons. The van der Waals surface area contributed by atoms with Crippen LogP contribution in [0.2, 0.25) is 0 Å². The second-order valence-corrected chi connectivity index (χ2v) is 7.92. The maximum Gasteiger partial charge on any atom is 0.130 e. The number of hydrogen-bond donors (Lipinski definition) is 0. The van der Waals surface area contributed by atoms with Crippen LogP contribution in [0.5, 0.6) is 5.75 Å². The lowest BCUT2D eigenvalue weighted by Gasteiger charge is -2.21. The van der Waals surface area contributed by atoms with E-state index >= 15 is 0 Å². The average molecular weight is 366 g/mol. The van der Waals surface area contributed by atoms with E-state index in [2.05, 4.69) is 38.1 Å². The molecular weight excluding hydrogens is 342 g/mol. The summed E-state index contributed by atoms with van der Waals surface area (Å²) < 4.78 is 20.3. The summed E-state index contributed by atoms with van der Waals surface area (Å²) in [6.07, 6.45) is 0.942. The summed E-state index contributed by atoms with van der Waals surface area (Å²) in [7, 11) is 0.381. The van der Waals surface area contributed by atoms with Crippen molar-refractivity contribution >= 4 is 13.9 Å². The molecule has 0 amide bonds. The van der Waals surface area contributed by atoms with Gasteiger partial charge in [-0.25, -0.2) is 4.39 Å². The van der Waals surface area contributed by atoms with E-state index in [1.165, 1.54) is 17.2 Å². The van der Waals surface area contributed by atoms with Crippen molar-refractivity contribution in [2.45, 2.75) is 32.5 Å². The van der Waals surface area contributed by atoms with Crippen LogP contribution in [0.3, 0.4) is 0 Å². The predicted molar refractivity (Wildman–Crippen MR) is 109 cm³/mol. The highest BCUT2D eigenvalue weighted by Crippen LogP contribution is 2.42. The van der Waals surface area contributed by atoms with Gasteiger partial charge in [-0.1, -0.05) is 81.7 Å². The molecule has 1 nitrogen and oxygen atoms in total. The molecule has 3 aromatic carbocycles. The maximum absolute atomic E-state index is 14.1. The van der Waals surface area contributed by atoms with E-state index in [0.29, 0.717) is 15.2 Å². The van der Waals surface area contributed by atoms with Crippen molar-refractivity contribution < 1.29 is 9.13 Å². The zero-order valence-electron chi connectivity index (χ0n) is 15.2. The van der Waals surface area contributed by atoms with Crippen LogP contribution in [0.4, 0.5) is 4.39 Å². The highest BCUT2D eigenvalue weighted by molar-refractivity contribution is 7.47. The summed E-state index contributed by atoms with van der Waals surface area (Å²) in [6.45, 7) is 4.78. The van der Waals surface area contributed by atoms with Crippen LogP contribution >= 0.6 is 8.58 Å². The van der Waals surface area contributed by atoms with Crippen molar-refractivity contribution in [1.82, 2.24) is 0 Å².